The fourth-order valence-electron chi connectivity index (χ4n) is 2.58. The summed E-state index contributed by atoms with van der Waals surface area (Å²) in [6.07, 6.45) is 0.0463. The molecule has 0 unspecified atom stereocenters. The standard InChI is InChI=1S/C17H13BrF2N2O2/c18-11-1-4-13(5-2-11)22-9-10(7-16(22)23)17(24)21-15-6-3-12(19)8-14(15)20/h1-6,8,10H,7,9H2,(H,21,24)/t10-/m1/s1. The first kappa shape index (κ1) is 16.6. The van der Waals surface area contributed by atoms with Crippen molar-refractivity contribution in [1.29, 1.82) is 0 Å². The van der Waals surface area contributed by atoms with E-state index in [1.54, 1.807) is 12.1 Å². The zero-order valence-electron chi connectivity index (χ0n) is 12.4. The lowest BCUT2D eigenvalue weighted by Crippen LogP contribution is -2.28. The number of carbonyl (C=O) groups excluding carboxylic acids is 2. The highest BCUT2D eigenvalue weighted by atomic mass is 79.9. The lowest BCUT2D eigenvalue weighted by Gasteiger charge is -2.17. The van der Waals surface area contributed by atoms with Gasteiger partial charge in [-0.2, -0.15) is 0 Å². The number of amides is 2. The molecule has 0 bridgehead atoms. The van der Waals surface area contributed by atoms with Crippen LogP contribution in [-0.2, 0) is 9.59 Å². The molecule has 2 amide bonds. The van der Waals surface area contributed by atoms with Crippen LogP contribution in [0.3, 0.4) is 0 Å². The molecule has 4 nitrogen and oxygen atoms in total. The predicted octanol–water partition coefficient (Wildman–Crippen LogP) is 3.72. The molecule has 1 fully saturated rings. The van der Waals surface area contributed by atoms with Gasteiger partial charge in [-0.1, -0.05) is 15.9 Å². The highest BCUT2D eigenvalue weighted by Crippen LogP contribution is 2.27. The smallest absolute Gasteiger partial charge is 0.229 e. The summed E-state index contributed by atoms with van der Waals surface area (Å²) in [5.41, 5.74) is 0.599. The summed E-state index contributed by atoms with van der Waals surface area (Å²) in [5, 5.41) is 2.41. The quantitative estimate of drug-likeness (QED) is 0.862. The highest BCUT2D eigenvalue weighted by molar-refractivity contribution is 9.10. The fraction of sp³-hybridized carbons (Fsp3) is 0.176. The topological polar surface area (TPSA) is 49.4 Å². The monoisotopic (exact) mass is 394 g/mol. The molecule has 1 heterocycles. The zero-order chi connectivity index (χ0) is 17.3. The van der Waals surface area contributed by atoms with E-state index in [0.717, 1.165) is 16.6 Å². The number of hydrogen-bond acceptors (Lipinski definition) is 2. The molecule has 0 radical (unpaired) electrons. The van der Waals surface area contributed by atoms with Crippen LogP contribution in [0.5, 0.6) is 0 Å². The van der Waals surface area contributed by atoms with Crippen LogP contribution in [0.25, 0.3) is 0 Å². The third-order valence-corrected chi connectivity index (χ3v) is 4.35. The number of anilines is 2. The van der Waals surface area contributed by atoms with E-state index < -0.39 is 23.5 Å². The molecule has 0 spiro atoms. The molecule has 2 aromatic rings. The molecule has 3 rings (SSSR count). The van der Waals surface area contributed by atoms with Crippen molar-refractivity contribution in [2.75, 3.05) is 16.8 Å². The van der Waals surface area contributed by atoms with Crippen LogP contribution in [0, 0.1) is 17.6 Å². The Labute approximate surface area is 145 Å². The summed E-state index contributed by atoms with van der Waals surface area (Å²) in [7, 11) is 0. The largest absolute Gasteiger partial charge is 0.323 e. The number of rotatable bonds is 3. The Hall–Kier alpha value is -2.28. The van der Waals surface area contributed by atoms with Crippen LogP contribution in [-0.4, -0.2) is 18.4 Å². The first-order valence-electron chi connectivity index (χ1n) is 7.26. The predicted molar refractivity (Wildman–Crippen MR) is 89.6 cm³/mol. The van der Waals surface area contributed by atoms with E-state index in [9.17, 15) is 18.4 Å². The van der Waals surface area contributed by atoms with Crippen molar-refractivity contribution >= 4 is 39.1 Å². The van der Waals surface area contributed by atoms with Crippen molar-refractivity contribution in [3.8, 4) is 0 Å². The molecule has 2 aromatic carbocycles. The van der Waals surface area contributed by atoms with Crippen LogP contribution in [0.1, 0.15) is 6.42 Å². The SMILES string of the molecule is O=C(Nc1ccc(F)cc1F)[C@@H]1CC(=O)N(c2ccc(Br)cc2)C1. The van der Waals surface area contributed by atoms with Gasteiger partial charge < -0.3 is 10.2 Å². The summed E-state index contributed by atoms with van der Waals surface area (Å²) in [4.78, 5) is 25.9. The molecular formula is C17H13BrF2N2O2. The number of nitrogens with zero attached hydrogens (tertiary/aromatic N) is 1. The van der Waals surface area contributed by atoms with Crippen LogP contribution in [0.15, 0.2) is 46.9 Å². The molecule has 124 valence electrons. The average Bonchev–Trinajstić information content (AvgIpc) is 2.93. The van der Waals surface area contributed by atoms with Gasteiger partial charge in [-0.3, -0.25) is 9.59 Å². The lowest BCUT2D eigenvalue weighted by molar-refractivity contribution is -0.122. The maximum absolute atomic E-state index is 13.6. The fourth-order valence-corrected chi connectivity index (χ4v) is 2.84. The van der Waals surface area contributed by atoms with Gasteiger partial charge in [-0.05, 0) is 36.4 Å². The molecule has 0 saturated carbocycles. The molecular weight excluding hydrogens is 382 g/mol. The van der Waals surface area contributed by atoms with Gasteiger partial charge in [0, 0.05) is 29.2 Å². The summed E-state index contributed by atoms with van der Waals surface area (Å²) in [5.74, 6) is -2.79. The number of halogens is 3. The van der Waals surface area contributed by atoms with E-state index in [1.807, 2.05) is 12.1 Å². The van der Waals surface area contributed by atoms with Crippen molar-refractivity contribution in [3.05, 3.63) is 58.6 Å². The molecule has 1 atom stereocenters. The number of benzene rings is 2. The Morgan fingerprint density at radius 1 is 1.17 bits per heavy atom. The second kappa shape index (κ2) is 6.68. The average molecular weight is 395 g/mol. The van der Waals surface area contributed by atoms with E-state index in [0.29, 0.717) is 11.8 Å². The molecule has 0 aliphatic carbocycles. The van der Waals surface area contributed by atoms with Crippen molar-refractivity contribution in [1.82, 2.24) is 0 Å². The minimum atomic E-state index is -0.850. The minimum absolute atomic E-state index is 0.0463. The van der Waals surface area contributed by atoms with E-state index in [4.69, 9.17) is 0 Å². The summed E-state index contributed by atoms with van der Waals surface area (Å²) >= 11 is 3.32. The first-order valence-corrected chi connectivity index (χ1v) is 8.05. The molecule has 1 saturated heterocycles. The molecule has 1 aliphatic rings. The Balaban J connectivity index is 1.70. The van der Waals surface area contributed by atoms with E-state index in [1.165, 1.54) is 4.90 Å². The molecule has 1 aliphatic heterocycles. The van der Waals surface area contributed by atoms with Crippen LogP contribution < -0.4 is 10.2 Å². The van der Waals surface area contributed by atoms with E-state index in [-0.39, 0.29) is 24.6 Å². The maximum atomic E-state index is 13.6. The summed E-state index contributed by atoms with van der Waals surface area (Å²) < 4.78 is 27.4. The van der Waals surface area contributed by atoms with Gasteiger partial charge in [0.05, 0.1) is 11.6 Å². The highest BCUT2D eigenvalue weighted by Gasteiger charge is 2.35. The minimum Gasteiger partial charge on any atom is -0.323 e. The van der Waals surface area contributed by atoms with E-state index in [2.05, 4.69) is 21.2 Å². The van der Waals surface area contributed by atoms with Crippen LogP contribution in [0.2, 0.25) is 0 Å². The number of nitrogens with one attached hydrogen (secondary N) is 1. The van der Waals surface area contributed by atoms with Crippen molar-refractivity contribution in [2.24, 2.45) is 5.92 Å². The first-order chi connectivity index (χ1) is 11.4. The van der Waals surface area contributed by atoms with Crippen molar-refractivity contribution in [3.63, 3.8) is 0 Å². The molecule has 7 heteroatoms. The van der Waals surface area contributed by atoms with Crippen molar-refractivity contribution < 1.29 is 18.4 Å². The second-order valence-electron chi connectivity index (χ2n) is 5.50. The van der Waals surface area contributed by atoms with Gasteiger partial charge >= 0.3 is 0 Å². The van der Waals surface area contributed by atoms with E-state index >= 15 is 0 Å². The number of carbonyl (C=O) groups is 2. The Morgan fingerprint density at radius 2 is 1.88 bits per heavy atom. The van der Waals surface area contributed by atoms with Gasteiger partial charge in [0.1, 0.15) is 11.6 Å². The maximum Gasteiger partial charge on any atom is 0.229 e. The van der Waals surface area contributed by atoms with Gasteiger partial charge in [-0.15, -0.1) is 0 Å². The van der Waals surface area contributed by atoms with Gasteiger partial charge in [-0.25, -0.2) is 8.78 Å². The summed E-state index contributed by atoms with van der Waals surface area (Å²) in [6.45, 7) is 0.217. The van der Waals surface area contributed by atoms with Gasteiger partial charge in [0.15, 0.2) is 0 Å². The zero-order valence-corrected chi connectivity index (χ0v) is 14.0. The Morgan fingerprint density at radius 3 is 2.54 bits per heavy atom. The Kier molecular flexibility index (Phi) is 4.62. The second-order valence-corrected chi connectivity index (χ2v) is 6.41. The van der Waals surface area contributed by atoms with Crippen LogP contribution >= 0.6 is 15.9 Å². The van der Waals surface area contributed by atoms with Crippen LogP contribution in [0.4, 0.5) is 20.2 Å². The molecule has 0 aromatic heterocycles. The lowest BCUT2D eigenvalue weighted by atomic mass is 10.1. The molecule has 1 N–H and O–H groups in total. The Bertz CT molecular complexity index is 796. The van der Waals surface area contributed by atoms with Gasteiger partial charge in [0.25, 0.3) is 0 Å². The third kappa shape index (κ3) is 3.46. The molecule has 24 heavy (non-hydrogen) atoms. The summed E-state index contributed by atoms with van der Waals surface area (Å²) in [6, 6.07) is 10.1. The number of hydrogen-bond donors (Lipinski definition) is 1. The van der Waals surface area contributed by atoms with Gasteiger partial charge in [0.2, 0.25) is 11.8 Å². The van der Waals surface area contributed by atoms with Crippen molar-refractivity contribution in [2.45, 2.75) is 6.42 Å². The third-order valence-electron chi connectivity index (χ3n) is 3.82. The normalized spacial score (nSPS) is 17.2.